The molecule has 0 saturated carbocycles. The van der Waals surface area contributed by atoms with Crippen LogP contribution in [0.3, 0.4) is 0 Å². The van der Waals surface area contributed by atoms with Crippen molar-refractivity contribution in [3.05, 3.63) is 65.2 Å². The highest BCUT2D eigenvalue weighted by molar-refractivity contribution is 7.90. The Morgan fingerprint density at radius 3 is 2.34 bits per heavy atom. The topological polar surface area (TPSA) is 99.2 Å². The fourth-order valence-corrected chi connectivity index (χ4v) is 4.28. The molecule has 1 aliphatic rings. The molecule has 9 heteroatoms. The highest BCUT2D eigenvalue weighted by atomic mass is 32.2. The van der Waals surface area contributed by atoms with Gasteiger partial charge in [0.25, 0.3) is 15.9 Å². The number of nitrogens with one attached hydrogen (secondary N) is 1. The van der Waals surface area contributed by atoms with Crippen LogP contribution in [0.2, 0.25) is 0 Å². The van der Waals surface area contributed by atoms with Crippen LogP contribution in [0.1, 0.15) is 21.5 Å². The van der Waals surface area contributed by atoms with Crippen LogP contribution in [0.5, 0.6) is 0 Å². The number of benzene rings is 2. The first kappa shape index (κ1) is 20.5. The standard InChI is InChI=1S/C20H22N4O4S/c1-21-20(26)15-10-8-14(9-11-15)12-23(2)18(25)13-24(3)19-16-6-4-5-7-17(16)29(27,28)22-19/h4-11H,12-13H2,1-3H3,(H,21,26). The lowest BCUT2D eigenvalue weighted by atomic mass is 10.1. The van der Waals surface area contributed by atoms with E-state index in [0.717, 1.165) is 5.56 Å². The predicted octanol–water partition coefficient (Wildman–Crippen LogP) is 1.09. The van der Waals surface area contributed by atoms with Crippen LogP contribution in [0.4, 0.5) is 0 Å². The van der Waals surface area contributed by atoms with Gasteiger partial charge in [0.15, 0.2) is 5.84 Å². The fraction of sp³-hybridized carbons (Fsp3) is 0.250. The Morgan fingerprint density at radius 1 is 1.03 bits per heavy atom. The van der Waals surface area contributed by atoms with Crippen molar-refractivity contribution in [1.29, 1.82) is 0 Å². The molecule has 0 saturated heterocycles. The predicted molar refractivity (Wildman–Crippen MR) is 109 cm³/mol. The molecule has 0 atom stereocenters. The first-order chi connectivity index (χ1) is 13.7. The van der Waals surface area contributed by atoms with E-state index in [1.54, 1.807) is 68.5 Å². The molecule has 0 aromatic heterocycles. The number of carbonyl (C=O) groups excluding carboxylic acids is 2. The number of fused-ring (bicyclic) bond motifs is 1. The molecule has 0 radical (unpaired) electrons. The number of likely N-dealkylation sites (N-methyl/N-ethyl adjacent to an activating group) is 2. The van der Waals surface area contributed by atoms with E-state index in [4.69, 9.17) is 0 Å². The Morgan fingerprint density at radius 2 is 1.69 bits per heavy atom. The summed E-state index contributed by atoms with van der Waals surface area (Å²) >= 11 is 0. The van der Waals surface area contributed by atoms with E-state index in [0.29, 0.717) is 17.7 Å². The summed E-state index contributed by atoms with van der Waals surface area (Å²) in [5, 5.41) is 2.56. The SMILES string of the molecule is CNC(=O)c1ccc(CN(C)C(=O)CN(C)C2=NS(=O)(=O)c3ccccc32)cc1. The van der Waals surface area contributed by atoms with Gasteiger partial charge in [-0.25, -0.2) is 0 Å². The molecule has 0 aliphatic carbocycles. The molecule has 2 aromatic rings. The number of hydrogen-bond acceptors (Lipinski definition) is 5. The normalized spacial score (nSPS) is 14.0. The maximum Gasteiger partial charge on any atom is 0.285 e. The highest BCUT2D eigenvalue weighted by Crippen LogP contribution is 2.26. The second kappa shape index (κ2) is 8.04. The number of amides is 2. The summed E-state index contributed by atoms with van der Waals surface area (Å²) in [4.78, 5) is 27.5. The van der Waals surface area contributed by atoms with Crippen LogP contribution < -0.4 is 5.32 Å². The van der Waals surface area contributed by atoms with Crippen molar-refractivity contribution in [2.45, 2.75) is 11.4 Å². The van der Waals surface area contributed by atoms with Crippen LogP contribution in [0, 0.1) is 0 Å². The van der Waals surface area contributed by atoms with Gasteiger partial charge >= 0.3 is 0 Å². The number of nitrogens with zero attached hydrogens (tertiary/aromatic N) is 3. The Bertz CT molecular complexity index is 1080. The molecule has 29 heavy (non-hydrogen) atoms. The van der Waals surface area contributed by atoms with Gasteiger partial charge in [0, 0.05) is 38.8 Å². The summed E-state index contributed by atoms with van der Waals surface area (Å²) < 4.78 is 28.2. The third-order valence-electron chi connectivity index (χ3n) is 4.64. The molecule has 152 valence electrons. The van der Waals surface area contributed by atoms with Crippen molar-refractivity contribution >= 4 is 27.7 Å². The molecule has 1 N–H and O–H groups in total. The van der Waals surface area contributed by atoms with E-state index < -0.39 is 10.0 Å². The number of hydrogen-bond donors (Lipinski definition) is 1. The summed E-state index contributed by atoms with van der Waals surface area (Å²) in [6.07, 6.45) is 0. The zero-order valence-electron chi connectivity index (χ0n) is 16.4. The molecule has 1 aliphatic heterocycles. The van der Waals surface area contributed by atoms with E-state index in [2.05, 4.69) is 9.71 Å². The van der Waals surface area contributed by atoms with Crippen molar-refractivity contribution in [3.8, 4) is 0 Å². The summed E-state index contributed by atoms with van der Waals surface area (Å²) in [5.41, 5.74) is 1.92. The molecule has 0 unspecified atom stereocenters. The van der Waals surface area contributed by atoms with Crippen molar-refractivity contribution in [1.82, 2.24) is 15.1 Å². The Hall–Kier alpha value is -3.20. The van der Waals surface area contributed by atoms with Gasteiger partial charge in [0.1, 0.15) is 4.90 Å². The summed E-state index contributed by atoms with van der Waals surface area (Å²) in [6, 6.07) is 13.6. The van der Waals surface area contributed by atoms with E-state index >= 15 is 0 Å². The quantitative estimate of drug-likeness (QED) is 0.790. The largest absolute Gasteiger partial charge is 0.355 e. The maximum atomic E-state index is 12.6. The smallest absolute Gasteiger partial charge is 0.285 e. The highest BCUT2D eigenvalue weighted by Gasteiger charge is 2.31. The minimum absolute atomic E-state index is 0.0183. The van der Waals surface area contributed by atoms with Crippen LogP contribution in [-0.2, 0) is 21.4 Å². The molecule has 0 spiro atoms. The van der Waals surface area contributed by atoms with Gasteiger partial charge in [-0.1, -0.05) is 24.3 Å². The molecule has 2 amide bonds. The van der Waals surface area contributed by atoms with Crippen molar-refractivity contribution in [2.24, 2.45) is 4.40 Å². The molecular weight excluding hydrogens is 392 g/mol. The monoisotopic (exact) mass is 414 g/mol. The second-order valence-corrected chi connectivity index (χ2v) is 8.34. The van der Waals surface area contributed by atoms with Crippen LogP contribution in [0.25, 0.3) is 0 Å². The number of rotatable bonds is 5. The number of carbonyl (C=O) groups is 2. The van der Waals surface area contributed by atoms with Crippen molar-refractivity contribution in [3.63, 3.8) is 0 Å². The third kappa shape index (κ3) is 4.29. The van der Waals surface area contributed by atoms with Gasteiger partial charge in [-0.2, -0.15) is 8.42 Å². The Balaban J connectivity index is 1.66. The van der Waals surface area contributed by atoms with Gasteiger partial charge in [-0.3, -0.25) is 9.59 Å². The average molecular weight is 414 g/mol. The fourth-order valence-electron chi connectivity index (χ4n) is 3.03. The Kier molecular flexibility index (Phi) is 5.69. The minimum atomic E-state index is -3.73. The molecule has 8 nitrogen and oxygen atoms in total. The van der Waals surface area contributed by atoms with Gasteiger partial charge in [0.05, 0.1) is 6.54 Å². The van der Waals surface area contributed by atoms with Crippen LogP contribution >= 0.6 is 0 Å². The van der Waals surface area contributed by atoms with Gasteiger partial charge in [0.2, 0.25) is 5.91 Å². The zero-order chi connectivity index (χ0) is 21.2. The van der Waals surface area contributed by atoms with Crippen molar-refractivity contribution in [2.75, 3.05) is 27.7 Å². The van der Waals surface area contributed by atoms with E-state index in [9.17, 15) is 18.0 Å². The van der Waals surface area contributed by atoms with Crippen LogP contribution in [0.15, 0.2) is 57.8 Å². The van der Waals surface area contributed by atoms with E-state index in [1.807, 2.05) is 0 Å². The lowest BCUT2D eigenvalue weighted by molar-refractivity contribution is -0.130. The molecule has 3 rings (SSSR count). The number of amidine groups is 1. The average Bonchev–Trinajstić information content (AvgIpc) is 2.99. The first-order valence-corrected chi connectivity index (χ1v) is 10.4. The molecule has 2 aromatic carbocycles. The summed E-state index contributed by atoms with van der Waals surface area (Å²) in [6.45, 7) is 0.345. The zero-order valence-corrected chi connectivity index (χ0v) is 17.2. The third-order valence-corrected chi connectivity index (χ3v) is 5.96. The van der Waals surface area contributed by atoms with Gasteiger partial charge in [-0.05, 0) is 29.8 Å². The summed E-state index contributed by atoms with van der Waals surface area (Å²) in [5.74, 6) is -0.0974. The first-order valence-electron chi connectivity index (χ1n) is 8.93. The molecule has 0 fully saturated rings. The summed E-state index contributed by atoms with van der Waals surface area (Å²) in [7, 11) is 1.15. The lowest BCUT2D eigenvalue weighted by Crippen LogP contribution is -2.39. The maximum absolute atomic E-state index is 12.6. The van der Waals surface area contributed by atoms with Crippen LogP contribution in [-0.4, -0.2) is 63.6 Å². The van der Waals surface area contributed by atoms with Gasteiger partial charge < -0.3 is 15.1 Å². The van der Waals surface area contributed by atoms with Gasteiger partial charge in [-0.15, -0.1) is 4.40 Å². The second-order valence-electron chi connectivity index (χ2n) is 6.77. The van der Waals surface area contributed by atoms with E-state index in [-0.39, 0.29) is 29.1 Å². The molecule has 1 heterocycles. The Labute approximate surface area is 169 Å². The molecule has 0 bridgehead atoms. The lowest BCUT2D eigenvalue weighted by Gasteiger charge is -2.23. The van der Waals surface area contributed by atoms with E-state index in [1.165, 1.54) is 11.0 Å². The van der Waals surface area contributed by atoms with Crippen molar-refractivity contribution < 1.29 is 18.0 Å². The minimum Gasteiger partial charge on any atom is -0.355 e. The number of sulfonamides is 1. The molecular formula is C20H22N4O4S.